The Morgan fingerprint density at radius 3 is 2.82 bits per heavy atom. The molecule has 3 aromatic heterocycles. The van der Waals surface area contributed by atoms with Crippen molar-refractivity contribution >= 4 is 27.0 Å². The molecule has 3 aromatic rings. The number of thiophene rings is 1. The highest BCUT2D eigenvalue weighted by Crippen LogP contribution is 2.29. The molecule has 148 valence electrons. The second-order valence-electron chi connectivity index (χ2n) is 6.94. The van der Waals surface area contributed by atoms with Crippen molar-refractivity contribution in [2.24, 2.45) is 0 Å². The number of hydrogen-bond acceptors (Lipinski definition) is 7. The quantitative estimate of drug-likeness (QED) is 0.585. The highest BCUT2D eigenvalue weighted by Gasteiger charge is 2.31. The van der Waals surface area contributed by atoms with Gasteiger partial charge < -0.3 is 8.98 Å². The van der Waals surface area contributed by atoms with Crippen LogP contribution in [0.15, 0.2) is 32.8 Å². The molecule has 8 nitrogen and oxygen atoms in total. The van der Waals surface area contributed by atoms with E-state index in [9.17, 15) is 18.0 Å². The van der Waals surface area contributed by atoms with Crippen LogP contribution in [0.4, 0.5) is 0 Å². The third kappa shape index (κ3) is 3.37. The molecule has 0 saturated carbocycles. The summed E-state index contributed by atoms with van der Waals surface area (Å²) in [4.78, 5) is 25.6. The molecule has 28 heavy (non-hydrogen) atoms. The van der Waals surface area contributed by atoms with Crippen molar-refractivity contribution in [2.45, 2.75) is 32.9 Å². The summed E-state index contributed by atoms with van der Waals surface area (Å²) in [7, 11) is -3.03. The Bertz CT molecular complexity index is 1200. The lowest BCUT2D eigenvalue weighted by atomic mass is 10.1. The number of nitrogens with zero attached hydrogens (tertiary/aromatic N) is 3. The Balaban J connectivity index is 1.60. The highest BCUT2D eigenvalue weighted by molar-refractivity contribution is 7.91. The van der Waals surface area contributed by atoms with Crippen LogP contribution < -0.4 is 5.76 Å². The van der Waals surface area contributed by atoms with Crippen LogP contribution in [0.2, 0.25) is 0 Å². The van der Waals surface area contributed by atoms with E-state index in [0.29, 0.717) is 22.6 Å². The van der Waals surface area contributed by atoms with Gasteiger partial charge in [-0.3, -0.25) is 4.79 Å². The first kappa shape index (κ1) is 18.9. The van der Waals surface area contributed by atoms with Crippen LogP contribution in [0.1, 0.15) is 34.2 Å². The second-order valence-corrected chi connectivity index (χ2v) is 10.1. The van der Waals surface area contributed by atoms with Gasteiger partial charge in [-0.15, -0.1) is 16.4 Å². The Morgan fingerprint density at radius 2 is 2.18 bits per heavy atom. The largest absolute Gasteiger partial charge is 0.437 e. The van der Waals surface area contributed by atoms with Crippen molar-refractivity contribution in [3.8, 4) is 10.8 Å². The van der Waals surface area contributed by atoms with E-state index in [1.807, 2.05) is 22.9 Å². The molecule has 0 aliphatic carbocycles. The standard InChI is InChI=1S/C18H19N3O5S2/c1-11-8-14(12(2)21(11)13-5-7-28(24,25)10-13)15(22)9-20-18(23)26-17(19-20)16-4-3-6-27-16/h3-4,6,8,13H,5,7,9-10H2,1-2H3. The lowest BCUT2D eigenvalue weighted by Crippen LogP contribution is -2.22. The van der Waals surface area contributed by atoms with Gasteiger partial charge in [0.15, 0.2) is 15.6 Å². The molecule has 0 bridgehead atoms. The van der Waals surface area contributed by atoms with Gasteiger partial charge in [0.1, 0.15) is 6.54 Å². The third-order valence-electron chi connectivity index (χ3n) is 4.99. The summed E-state index contributed by atoms with van der Waals surface area (Å²) in [6.45, 7) is 3.42. The van der Waals surface area contributed by atoms with Gasteiger partial charge in [0.25, 0.3) is 5.89 Å². The Morgan fingerprint density at radius 1 is 1.39 bits per heavy atom. The fraction of sp³-hybridized carbons (Fsp3) is 0.389. The summed E-state index contributed by atoms with van der Waals surface area (Å²) in [5.41, 5.74) is 2.00. The van der Waals surface area contributed by atoms with Gasteiger partial charge in [-0.05, 0) is 37.8 Å². The maximum absolute atomic E-state index is 12.8. The Hall–Kier alpha value is -2.46. The zero-order valence-electron chi connectivity index (χ0n) is 15.4. The van der Waals surface area contributed by atoms with E-state index in [0.717, 1.165) is 10.4 Å². The van der Waals surface area contributed by atoms with Crippen LogP contribution in [0.25, 0.3) is 10.8 Å². The second kappa shape index (κ2) is 6.85. The van der Waals surface area contributed by atoms with E-state index in [1.54, 1.807) is 19.1 Å². The van der Waals surface area contributed by atoms with Gasteiger partial charge in [-0.1, -0.05) is 6.07 Å². The Labute approximate surface area is 165 Å². The number of carbonyl (C=O) groups is 1. The number of aromatic nitrogens is 3. The summed E-state index contributed by atoms with van der Waals surface area (Å²) < 4.78 is 31.7. The van der Waals surface area contributed by atoms with E-state index < -0.39 is 15.6 Å². The van der Waals surface area contributed by atoms with Crippen LogP contribution in [-0.2, 0) is 16.4 Å². The number of aryl methyl sites for hydroxylation is 1. The van der Waals surface area contributed by atoms with E-state index >= 15 is 0 Å². The molecular formula is C18H19N3O5S2. The molecule has 4 heterocycles. The molecule has 10 heteroatoms. The van der Waals surface area contributed by atoms with Crippen molar-refractivity contribution < 1.29 is 17.6 Å². The maximum Gasteiger partial charge on any atom is 0.437 e. The van der Waals surface area contributed by atoms with Crippen molar-refractivity contribution in [2.75, 3.05) is 11.5 Å². The van der Waals surface area contributed by atoms with Gasteiger partial charge in [-0.25, -0.2) is 13.2 Å². The number of hydrogen-bond donors (Lipinski definition) is 0. The molecule has 1 unspecified atom stereocenters. The molecule has 4 rings (SSSR count). The molecule has 1 atom stereocenters. The first-order valence-corrected chi connectivity index (χ1v) is 11.5. The molecule has 1 aliphatic rings. The van der Waals surface area contributed by atoms with Gasteiger partial charge in [0, 0.05) is 23.0 Å². The smallest absolute Gasteiger partial charge is 0.387 e. The fourth-order valence-electron chi connectivity index (χ4n) is 3.73. The molecule has 1 saturated heterocycles. The molecule has 0 spiro atoms. The van der Waals surface area contributed by atoms with Gasteiger partial charge in [0.2, 0.25) is 0 Å². The molecule has 0 aromatic carbocycles. The summed E-state index contributed by atoms with van der Waals surface area (Å²) >= 11 is 1.39. The Kier molecular flexibility index (Phi) is 4.62. The summed E-state index contributed by atoms with van der Waals surface area (Å²) in [5.74, 6) is -0.517. The number of ketones is 1. The van der Waals surface area contributed by atoms with Crippen molar-refractivity contribution in [3.05, 3.63) is 51.1 Å². The number of sulfone groups is 1. The normalized spacial score (nSPS) is 18.6. The minimum atomic E-state index is -3.03. The topological polar surface area (TPSA) is 104 Å². The fourth-order valence-corrected chi connectivity index (χ4v) is 6.07. The van der Waals surface area contributed by atoms with Crippen molar-refractivity contribution in [3.63, 3.8) is 0 Å². The first-order valence-electron chi connectivity index (χ1n) is 8.79. The van der Waals surface area contributed by atoms with Crippen molar-refractivity contribution in [1.29, 1.82) is 0 Å². The van der Waals surface area contributed by atoms with Crippen LogP contribution in [0, 0.1) is 13.8 Å². The molecule has 0 radical (unpaired) electrons. The predicted molar refractivity (Wildman–Crippen MR) is 105 cm³/mol. The van der Waals surface area contributed by atoms with E-state index in [1.165, 1.54) is 11.3 Å². The molecule has 0 amide bonds. The summed E-state index contributed by atoms with van der Waals surface area (Å²) in [6, 6.07) is 5.19. The van der Waals surface area contributed by atoms with Gasteiger partial charge >= 0.3 is 5.76 Å². The molecule has 0 N–H and O–H groups in total. The van der Waals surface area contributed by atoms with E-state index in [-0.39, 0.29) is 35.8 Å². The maximum atomic E-state index is 12.8. The predicted octanol–water partition coefficient (Wildman–Crippen LogP) is 2.23. The summed E-state index contributed by atoms with van der Waals surface area (Å²) in [6.07, 6.45) is 0.541. The zero-order valence-corrected chi connectivity index (χ0v) is 17.0. The number of Topliss-reactive ketones (excluding diaryl/α,β-unsaturated/α-hetero) is 1. The molecular weight excluding hydrogens is 402 g/mol. The van der Waals surface area contributed by atoms with E-state index in [4.69, 9.17) is 4.42 Å². The van der Waals surface area contributed by atoms with E-state index in [2.05, 4.69) is 5.10 Å². The highest BCUT2D eigenvalue weighted by atomic mass is 32.2. The zero-order chi connectivity index (χ0) is 20.1. The average Bonchev–Trinajstić information content (AvgIpc) is 3.37. The van der Waals surface area contributed by atoms with Crippen LogP contribution in [-0.4, -0.2) is 40.1 Å². The van der Waals surface area contributed by atoms with Crippen LogP contribution in [0.5, 0.6) is 0 Å². The molecule has 1 fully saturated rings. The number of carbonyl (C=O) groups excluding carboxylic acids is 1. The lowest BCUT2D eigenvalue weighted by Gasteiger charge is -2.16. The SMILES string of the molecule is Cc1cc(C(=O)Cn2nc(-c3cccs3)oc2=O)c(C)n1C1CCS(=O)(=O)C1. The average molecular weight is 422 g/mol. The minimum absolute atomic E-state index is 0.0872. The van der Waals surface area contributed by atoms with Crippen molar-refractivity contribution in [1.82, 2.24) is 14.3 Å². The third-order valence-corrected chi connectivity index (χ3v) is 7.60. The first-order chi connectivity index (χ1) is 13.2. The lowest BCUT2D eigenvalue weighted by molar-refractivity contribution is 0.0964. The van der Waals surface area contributed by atoms with Gasteiger partial charge in [0.05, 0.1) is 16.4 Å². The van der Waals surface area contributed by atoms with Gasteiger partial charge in [-0.2, -0.15) is 4.68 Å². The summed E-state index contributed by atoms with van der Waals surface area (Å²) in [5, 5.41) is 5.96. The van der Waals surface area contributed by atoms with Crippen LogP contribution >= 0.6 is 11.3 Å². The number of rotatable bonds is 5. The van der Waals surface area contributed by atoms with Crippen LogP contribution in [0.3, 0.4) is 0 Å². The molecule has 1 aliphatic heterocycles. The monoisotopic (exact) mass is 421 g/mol. The minimum Gasteiger partial charge on any atom is -0.387 e.